The van der Waals surface area contributed by atoms with E-state index in [4.69, 9.17) is 16.2 Å². The van der Waals surface area contributed by atoms with Crippen LogP contribution in [0.4, 0.5) is 0 Å². The molecule has 1 amide bonds. The summed E-state index contributed by atoms with van der Waals surface area (Å²) in [7, 11) is 0. The van der Waals surface area contributed by atoms with Crippen molar-refractivity contribution < 1.29 is 24.2 Å². The fourth-order valence-corrected chi connectivity index (χ4v) is 7.01. The SMILES string of the molecule is CCCCCCCC/C=C\CCCCCCCCC(CCCCCCC/C=C\CCCCCCCC)OC(=O)C(CCC(=O)O)NC(=O)C(N)CCCCN. The van der Waals surface area contributed by atoms with Gasteiger partial charge < -0.3 is 26.6 Å². The number of amides is 1. The van der Waals surface area contributed by atoms with E-state index < -0.39 is 29.9 Å². The van der Waals surface area contributed by atoms with Crippen LogP contribution >= 0.6 is 0 Å². The van der Waals surface area contributed by atoms with Gasteiger partial charge in [0.1, 0.15) is 12.1 Å². The van der Waals surface area contributed by atoms with Crippen molar-refractivity contribution in [2.45, 2.75) is 250 Å². The maximum atomic E-state index is 13.4. The van der Waals surface area contributed by atoms with Crippen LogP contribution in [0.2, 0.25) is 0 Å². The lowest BCUT2D eigenvalue weighted by Gasteiger charge is -2.24. The van der Waals surface area contributed by atoms with E-state index in [1.54, 1.807) is 0 Å². The van der Waals surface area contributed by atoms with Gasteiger partial charge in [0.2, 0.25) is 5.91 Å². The molecule has 0 aliphatic rings. The van der Waals surface area contributed by atoms with Gasteiger partial charge in [-0.15, -0.1) is 0 Å². The van der Waals surface area contributed by atoms with Crippen molar-refractivity contribution in [1.82, 2.24) is 5.32 Å². The molecule has 0 fully saturated rings. The van der Waals surface area contributed by atoms with Crippen molar-refractivity contribution in [2.24, 2.45) is 11.5 Å². The second-order valence-electron chi connectivity index (χ2n) is 16.0. The van der Waals surface area contributed by atoms with Gasteiger partial charge in [-0.25, -0.2) is 4.79 Å². The lowest BCUT2D eigenvalue weighted by molar-refractivity contribution is -0.154. The average molecular weight is 776 g/mol. The third-order valence-corrected chi connectivity index (χ3v) is 10.7. The number of carbonyl (C=O) groups is 3. The predicted molar refractivity (Wildman–Crippen MR) is 233 cm³/mol. The van der Waals surface area contributed by atoms with Gasteiger partial charge in [-0.2, -0.15) is 0 Å². The Morgan fingerprint density at radius 1 is 0.545 bits per heavy atom. The average Bonchev–Trinajstić information content (AvgIpc) is 3.17. The summed E-state index contributed by atoms with van der Waals surface area (Å²) in [5.41, 5.74) is 11.7. The second-order valence-corrected chi connectivity index (χ2v) is 16.0. The second kappa shape index (κ2) is 41.4. The smallest absolute Gasteiger partial charge is 0.328 e. The molecule has 6 N–H and O–H groups in total. The number of carboxylic acid groups (broad SMARTS) is 1. The van der Waals surface area contributed by atoms with Crippen molar-refractivity contribution in [3.63, 3.8) is 0 Å². The highest BCUT2D eigenvalue weighted by molar-refractivity contribution is 5.87. The molecule has 3 atom stereocenters. The lowest BCUT2D eigenvalue weighted by Crippen LogP contribution is -2.49. The number of aliphatic carboxylic acids is 1. The van der Waals surface area contributed by atoms with Crippen LogP contribution in [0, 0.1) is 0 Å². The molecule has 322 valence electrons. The zero-order valence-electron chi connectivity index (χ0n) is 36.0. The Morgan fingerprint density at radius 2 is 0.927 bits per heavy atom. The summed E-state index contributed by atoms with van der Waals surface area (Å²) < 4.78 is 6.05. The van der Waals surface area contributed by atoms with E-state index in [9.17, 15) is 19.5 Å². The summed E-state index contributed by atoms with van der Waals surface area (Å²) in [5, 5.41) is 12.0. The van der Waals surface area contributed by atoms with Gasteiger partial charge in [0.25, 0.3) is 0 Å². The van der Waals surface area contributed by atoms with Crippen LogP contribution in [0.15, 0.2) is 24.3 Å². The molecule has 55 heavy (non-hydrogen) atoms. The Kier molecular flexibility index (Phi) is 39.8. The third-order valence-electron chi connectivity index (χ3n) is 10.7. The van der Waals surface area contributed by atoms with E-state index in [1.165, 1.54) is 141 Å². The van der Waals surface area contributed by atoms with Gasteiger partial charge in [-0.1, -0.05) is 154 Å². The van der Waals surface area contributed by atoms with E-state index >= 15 is 0 Å². The third kappa shape index (κ3) is 37.2. The first-order chi connectivity index (χ1) is 26.8. The van der Waals surface area contributed by atoms with Gasteiger partial charge >= 0.3 is 11.9 Å². The Hall–Kier alpha value is -2.19. The fraction of sp³-hybridized carbons (Fsp3) is 0.851. The van der Waals surface area contributed by atoms with Crippen LogP contribution < -0.4 is 16.8 Å². The maximum absolute atomic E-state index is 13.4. The molecule has 8 nitrogen and oxygen atoms in total. The molecule has 0 aliphatic carbocycles. The first kappa shape index (κ1) is 52.8. The normalized spacial score (nSPS) is 13.4. The maximum Gasteiger partial charge on any atom is 0.328 e. The van der Waals surface area contributed by atoms with Gasteiger partial charge in [0, 0.05) is 6.42 Å². The lowest BCUT2D eigenvalue weighted by atomic mass is 10.0. The minimum Gasteiger partial charge on any atom is -0.481 e. The number of nitrogens with two attached hydrogens (primary N) is 2. The number of carbonyl (C=O) groups excluding carboxylic acids is 2. The van der Waals surface area contributed by atoms with E-state index in [-0.39, 0.29) is 18.9 Å². The molecular formula is C47H89N3O5. The highest BCUT2D eigenvalue weighted by Gasteiger charge is 2.27. The van der Waals surface area contributed by atoms with Gasteiger partial charge in [-0.05, 0) is 103 Å². The van der Waals surface area contributed by atoms with Crippen LogP contribution in [0.25, 0.3) is 0 Å². The highest BCUT2D eigenvalue weighted by Crippen LogP contribution is 2.19. The van der Waals surface area contributed by atoms with Crippen molar-refractivity contribution in [3.05, 3.63) is 24.3 Å². The fourth-order valence-electron chi connectivity index (χ4n) is 7.01. The van der Waals surface area contributed by atoms with Gasteiger partial charge in [0.05, 0.1) is 6.04 Å². The molecule has 0 aromatic rings. The number of hydrogen-bond acceptors (Lipinski definition) is 6. The molecule has 0 aromatic carbocycles. The molecule has 0 bridgehead atoms. The number of unbranched alkanes of at least 4 members (excludes halogenated alkanes) is 24. The molecular weight excluding hydrogens is 687 g/mol. The van der Waals surface area contributed by atoms with E-state index in [1.807, 2.05) is 0 Å². The summed E-state index contributed by atoms with van der Waals surface area (Å²) in [6.07, 6.45) is 45.9. The molecule has 0 saturated carbocycles. The first-order valence-corrected chi connectivity index (χ1v) is 23.3. The van der Waals surface area contributed by atoms with E-state index in [0.717, 1.165) is 51.4 Å². The molecule has 0 rings (SSSR count). The van der Waals surface area contributed by atoms with Crippen LogP contribution in [-0.2, 0) is 19.1 Å². The zero-order valence-corrected chi connectivity index (χ0v) is 36.0. The molecule has 0 radical (unpaired) electrons. The van der Waals surface area contributed by atoms with Crippen molar-refractivity contribution in [2.75, 3.05) is 6.54 Å². The topological polar surface area (TPSA) is 145 Å². The number of allylic oxidation sites excluding steroid dienone is 4. The van der Waals surface area contributed by atoms with Crippen molar-refractivity contribution >= 4 is 17.8 Å². The highest BCUT2D eigenvalue weighted by atomic mass is 16.5. The van der Waals surface area contributed by atoms with Crippen molar-refractivity contribution in [1.29, 1.82) is 0 Å². The summed E-state index contributed by atoms with van der Waals surface area (Å²) in [6, 6.07) is -1.81. The molecule has 3 unspecified atom stereocenters. The van der Waals surface area contributed by atoms with Crippen LogP contribution in [0.3, 0.4) is 0 Å². The first-order valence-electron chi connectivity index (χ1n) is 23.3. The standard InChI is InChI=1S/C47H89N3O5/c1-3-5-7-9-11-13-15-17-19-21-23-25-27-29-31-33-37-42(36-32-30-28-26-24-22-20-18-16-14-12-10-8-6-4-2)55-47(54)44(39-40-45(51)52)50-46(53)43(49)38-34-35-41-48/h17-20,42-44H,3-16,21-41,48-49H2,1-2H3,(H,50,53)(H,51,52)/b19-17-,20-18-. The Labute approximate surface area is 339 Å². The molecule has 0 aromatic heterocycles. The Morgan fingerprint density at radius 3 is 1.33 bits per heavy atom. The minimum atomic E-state index is -1.03. The number of nitrogens with one attached hydrogen (secondary N) is 1. The summed E-state index contributed by atoms with van der Waals surface area (Å²) >= 11 is 0. The molecule has 8 heteroatoms. The zero-order chi connectivity index (χ0) is 40.5. The molecule has 0 aliphatic heterocycles. The Bertz CT molecular complexity index is 940. The number of carboxylic acids is 1. The van der Waals surface area contributed by atoms with Gasteiger partial charge in [0.15, 0.2) is 0 Å². The number of esters is 1. The number of rotatable bonds is 42. The van der Waals surface area contributed by atoms with E-state index in [0.29, 0.717) is 19.4 Å². The Balaban J connectivity index is 4.76. The van der Waals surface area contributed by atoms with Crippen molar-refractivity contribution in [3.8, 4) is 0 Å². The molecule has 0 heterocycles. The minimum absolute atomic E-state index is 0.0240. The number of hydrogen-bond donors (Lipinski definition) is 4. The number of ether oxygens (including phenoxy) is 1. The quantitative estimate of drug-likeness (QED) is 0.0274. The van der Waals surface area contributed by atoms with Crippen LogP contribution in [-0.4, -0.2) is 47.7 Å². The monoisotopic (exact) mass is 776 g/mol. The van der Waals surface area contributed by atoms with E-state index in [2.05, 4.69) is 43.5 Å². The summed E-state index contributed by atoms with van der Waals surface area (Å²) in [6.45, 7) is 5.05. The predicted octanol–water partition coefficient (Wildman–Crippen LogP) is 12.2. The summed E-state index contributed by atoms with van der Waals surface area (Å²) in [5.74, 6) is -2.02. The molecule has 0 spiro atoms. The summed E-state index contributed by atoms with van der Waals surface area (Å²) in [4.78, 5) is 37.6. The van der Waals surface area contributed by atoms with Gasteiger partial charge in [-0.3, -0.25) is 9.59 Å². The largest absolute Gasteiger partial charge is 0.481 e. The van der Waals surface area contributed by atoms with Crippen LogP contribution in [0.5, 0.6) is 0 Å². The molecule has 0 saturated heterocycles. The van der Waals surface area contributed by atoms with Crippen LogP contribution in [0.1, 0.15) is 232 Å².